The third kappa shape index (κ3) is 3.85. The van der Waals surface area contributed by atoms with Gasteiger partial charge in [-0.05, 0) is 36.8 Å². The molecule has 0 aliphatic carbocycles. The number of ether oxygens (including phenoxy) is 1. The minimum Gasteiger partial charge on any atom is -0.491 e. The Labute approximate surface area is 127 Å². The van der Waals surface area contributed by atoms with Crippen molar-refractivity contribution >= 4 is 35.2 Å². The van der Waals surface area contributed by atoms with E-state index in [0.29, 0.717) is 28.2 Å². The molecule has 6 heteroatoms. The van der Waals surface area contributed by atoms with Crippen molar-refractivity contribution in [3.8, 4) is 5.75 Å². The Hall–Kier alpha value is -1.78. The standard InChI is InChI=1S/C14H13Cl2N3O/c1-2-20-14-11(15)7-10(8-12(14)16)9-18-19-13-5-3-4-6-17-13/h3-9H,2H2,1H3,(H,17,19)/b18-9+. The van der Waals surface area contributed by atoms with Crippen LogP contribution in [0.4, 0.5) is 5.82 Å². The van der Waals surface area contributed by atoms with Gasteiger partial charge in [0.15, 0.2) is 5.75 Å². The van der Waals surface area contributed by atoms with Gasteiger partial charge in [-0.1, -0.05) is 29.3 Å². The smallest absolute Gasteiger partial charge is 0.156 e. The van der Waals surface area contributed by atoms with Crippen molar-refractivity contribution in [2.75, 3.05) is 12.0 Å². The highest BCUT2D eigenvalue weighted by molar-refractivity contribution is 6.37. The minimum absolute atomic E-state index is 0.457. The van der Waals surface area contributed by atoms with E-state index in [0.717, 1.165) is 5.56 Å². The van der Waals surface area contributed by atoms with Crippen molar-refractivity contribution in [3.05, 3.63) is 52.1 Å². The van der Waals surface area contributed by atoms with Gasteiger partial charge in [0.25, 0.3) is 0 Å². The number of pyridine rings is 1. The summed E-state index contributed by atoms with van der Waals surface area (Å²) in [4.78, 5) is 4.09. The van der Waals surface area contributed by atoms with E-state index in [1.54, 1.807) is 24.5 Å². The summed E-state index contributed by atoms with van der Waals surface area (Å²) < 4.78 is 5.36. The molecule has 0 amide bonds. The Balaban J connectivity index is 2.10. The second-order valence-electron chi connectivity index (χ2n) is 3.83. The molecular weight excluding hydrogens is 297 g/mol. The monoisotopic (exact) mass is 309 g/mol. The highest BCUT2D eigenvalue weighted by Crippen LogP contribution is 2.33. The summed E-state index contributed by atoms with van der Waals surface area (Å²) in [6.07, 6.45) is 3.30. The van der Waals surface area contributed by atoms with Crippen molar-refractivity contribution < 1.29 is 4.74 Å². The fourth-order valence-electron chi connectivity index (χ4n) is 1.54. The Kier molecular flexibility index (Phi) is 5.21. The van der Waals surface area contributed by atoms with Crippen LogP contribution in [0.25, 0.3) is 0 Å². The first-order valence-corrected chi connectivity index (χ1v) is 6.78. The molecule has 1 N–H and O–H groups in total. The second kappa shape index (κ2) is 7.12. The quantitative estimate of drug-likeness (QED) is 0.664. The van der Waals surface area contributed by atoms with E-state index in [1.807, 2.05) is 25.1 Å². The molecule has 0 saturated heterocycles. The molecule has 0 aliphatic heterocycles. The van der Waals surface area contributed by atoms with E-state index in [-0.39, 0.29) is 0 Å². The van der Waals surface area contributed by atoms with E-state index >= 15 is 0 Å². The summed E-state index contributed by atoms with van der Waals surface area (Å²) in [6, 6.07) is 9.00. The lowest BCUT2D eigenvalue weighted by molar-refractivity contribution is 0.340. The molecule has 0 radical (unpaired) electrons. The van der Waals surface area contributed by atoms with Crippen LogP contribution in [-0.2, 0) is 0 Å². The number of rotatable bonds is 5. The van der Waals surface area contributed by atoms with Gasteiger partial charge in [0, 0.05) is 6.20 Å². The molecule has 0 bridgehead atoms. The number of nitrogens with one attached hydrogen (secondary N) is 1. The Morgan fingerprint density at radius 1 is 1.30 bits per heavy atom. The maximum atomic E-state index is 6.11. The highest BCUT2D eigenvalue weighted by Gasteiger charge is 2.08. The average molecular weight is 310 g/mol. The first-order valence-electron chi connectivity index (χ1n) is 6.02. The van der Waals surface area contributed by atoms with Crippen molar-refractivity contribution in [2.45, 2.75) is 6.92 Å². The van der Waals surface area contributed by atoms with E-state index in [4.69, 9.17) is 27.9 Å². The van der Waals surface area contributed by atoms with Crippen LogP contribution < -0.4 is 10.2 Å². The molecule has 20 heavy (non-hydrogen) atoms. The number of benzene rings is 1. The summed E-state index contributed by atoms with van der Waals surface area (Å²) in [7, 11) is 0. The van der Waals surface area contributed by atoms with Gasteiger partial charge >= 0.3 is 0 Å². The molecule has 1 heterocycles. The molecule has 0 unspecified atom stereocenters. The molecule has 2 aromatic rings. The predicted molar refractivity (Wildman–Crippen MR) is 83.1 cm³/mol. The lowest BCUT2D eigenvalue weighted by Crippen LogP contribution is -1.96. The molecular formula is C14H13Cl2N3O. The summed E-state index contributed by atoms with van der Waals surface area (Å²) in [5.74, 6) is 1.15. The van der Waals surface area contributed by atoms with E-state index in [9.17, 15) is 0 Å². The van der Waals surface area contributed by atoms with Crippen LogP contribution in [0.1, 0.15) is 12.5 Å². The second-order valence-corrected chi connectivity index (χ2v) is 4.65. The van der Waals surface area contributed by atoms with Gasteiger partial charge in [0.1, 0.15) is 5.82 Å². The molecule has 0 atom stereocenters. The first-order chi connectivity index (χ1) is 9.70. The van der Waals surface area contributed by atoms with Crippen LogP contribution in [0.2, 0.25) is 10.0 Å². The molecule has 0 spiro atoms. The highest BCUT2D eigenvalue weighted by atomic mass is 35.5. The predicted octanol–water partition coefficient (Wildman–Crippen LogP) is 4.23. The zero-order chi connectivity index (χ0) is 14.4. The first kappa shape index (κ1) is 14.6. The van der Waals surface area contributed by atoms with E-state index in [2.05, 4.69) is 15.5 Å². The fraction of sp³-hybridized carbons (Fsp3) is 0.143. The van der Waals surface area contributed by atoms with Gasteiger partial charge in [-0.2, -0.15) is 5.10 Å². The van der Waals surface area contributed by atoms with Crippen LogP contribution in [0.15, 0.2) is 41.6 Å². The topological polar surface area (TPSA) is 46.5 Å². The zero-order valence-electron chi connectivity index (χ0n) is 10.8. The molecule has 0 saturated carbocycles. The van der Waals surface area contributed by atoms with Crippen LogP contribution >= 0.6 is 23.2 Å². The number of aromatic nitrogens is 1. The molecule has 1 aromatic carbocycles. The number of anilines is 1. The number of hydrazone groups is 1. The SMILES string of the molecule is CCOc1c(Cl)cc(/C=N/Nc2ccccn2)cc1Cl. The van der Waals surface area contributed by atoms with Crippen LogP contribution in [-0.4, -0.2) is 17.8 Å². The van der Waals surface area contributed by atoms with Gasteiger partial charge in [0.2, 0.25) is 0 Å². The van der Waals surface area contributed by atoms with Gasteiger partial charge < -0.3 is 4.74 Å². The van der Waals surface area contributed by atoms with Crippen LogP contribution in [0.5, 0.6) is 5.75 Å². The Bertz CT molecular complexity index is 580. The Morgan fingerprint density at radius 3 is 2.65 bits per heavy atom. The number of nitrogens with zero attached hydrogens (tertiary/aromatic N) is 2. The lowest BCUT2D eigenvalue weighted by atomic mass is 10.2. The van der Waals surface area contributed by atoms with Gasteiger partial charge in [-0.3, -0.25) is 5.43 Å². The van der Waals surface area contributed by atoms with E-state index < -0.39 is 0 Å². The zero-order valence-corrected chi connectivity index (χ0v) is 12.3. The van der Waals surface area contributed by atoms with Crippen LogP contribution in [0.3, 0.4) is 0 Å². The summed E-state index contributed by atoms with van der Waals surface area (Å²) in [5, 5.41) is 4.99. The lowest BCUT2D eigenvalue weighted by Gasteiger charge is -2.08. The molecule has 2 rings (SSSR count). The summed E-state index contributed by atoms with van der Waals surface area (Å²) >= 11 is 12.2. The normalized spacial score (nSPS) is 10.8. The van der Waals surface area contributed by atoms with Gasteiger partial charge in [0.05, 0.1) is 22.9 Å². The molecule has 1 aromatic heterocycles. The van der Waals surface area contributed by atoms with Gasteiger partial charge in [-0.15, -0.1) is 0 Å². The maximum Gasteiger partial charge on any atom is 0.156 e. The minimum atomic E-state index is 0.457. The fourth-order valence-corrected chi connectivity index (χ4v) is 2.15. The molecule has 4 nitrogen and oxygen atoms in total. The molecule has 104 valence electrons. The summed E-state index contributed by atoms with van der Waals surface area (Å²) in [5.41, 5.74) is 3.58. The van der Waals surface area contributed by atoms with Crippen molar-refractivity contribution in [2.24, 2.45) is 5.10 Å². The van der Waals surface area contributed by atoms with Crippen molar-refractivity contribution in [3.63, 3.8) is 0 Å². The maximum absolute atomic E-state index is 6.11. The Morgan fingerprint density at radius 2 is 2.05 bits per heavy atom. The third-order valence-electron chi connectivity index (χ3n) is 2.37. The van der Waals surface area contributed by atoms with E-state index in [1.165, 1.54) is 0 Å². The largest absolute Gasteiger partial charge is 0.491 e. The molecule has 0 fully saturated rings. The van der Waals surface area contributed by atoms with Crippen molar-refractivity contribution in [1.29, 1.82) is 0 Å². The van der Waals surface area contributed by atoms with Crippen molar-refractivity contribution in [1.82, 2.24) is 4.98 Å². The average Bonchev–Trinajstić information content (AvgIpc) is 2.44. The van der Waals surface area contributed by atoms with Gasteiger partial charge in [-0.25, -0.2) is 4.98 Å². The molecule has 0 aliphatic rings. The van der Waals surface area contributed by atoms with Crippen LogP contribution in [0, 0.1) is 0 Å². The summed E-state index contributed by atoms with van der Waals surface area (Å²) in [6.45, 7) is 2.38. The third-order valence-corrected chi connectivity index (χ3v) is 2.93. The number of halogens is 2. The number of hydrogen-bond acceptors (Lipinski definition) is 4. The number of hydrogen-bond donors (Lipinski definition) is 1.